The molecular formula is C10H22. The average molecular weight is 142 g/mol. The Hall–Kier alpha value is 0. The fraction of sp³-hybridized carbons (Fsp3) is 1.00. The molecule has 0 aromatic carbocycles. The van der Waals surface area contributed by atoms with E-state index < -0.39 is 0 Å². The SMILES string of the molecule is C.C1CC2CCC1C2.CC. The van der Waals surface area contributed by atoms with Gasteiger partial charge in [0.1, 0.15) is 0 Å². The van der Waals surface area contributed by atoms with Gasteiger partial charge >= 0.3 is 0 Å². The average Bonchev–Trinajstić information content (AvgIpc) is 2.53. The number of hydrogen-bond acceptors (Lipinski definition) is 0. The summed E-state index contributed by atoms with van der Waals surface area (Å²) in [5.74, 6) is 2.34. The van der Waals surface area contributed by atoms with Crippen LogP contribution in [0.5, 0.6) is 0 Å². The summed E-state index contributed by atoms with van der Waals surface area (Å²) in [5.41, 5.74) is 0. The molecule has 0 aromatic rings. The minimum atomic E-state index is 0. The minimum Gasteiger partial charge on any atom is -0.0776 e. The molecule has 2 fully saturated rings. The van der Waals surface area contributed by atoms with Crippen LogP contribution in [0.3, 0.4) is 0 Å². The van der Waals surface area contributed by atoms with Crippen LogP contribution in [0, 0.1) is 11.8 Å². The Morgan fingerprint density at radius 2 is 1.10 bits per heavy atom. The zero-order chi connectivity index (χ0) is 6.69. The van der Waals surface area contributed by atoms with Gasteiger partial charge in [-0.3, -0.25) is 0 Å². The van der Waals surface area contributed by atoms with Gasteiger partial charge in [0.2, 0.25) is 0 Å². The molecule has 0 N–H and O–H groups in total. The Bertz CT molecular complexity index is 58.1. The van der Waals surface area contributed by atoms with Crippen molar-refractivity contribution in [3.05, 3.63) is 0 Å². The van der Waals surface area contributed by atoms with E-state index in [4.69, 9.17) is 0 Å². The molecule has 0 saturated heterocycles. The first-order chi connectivity index (χ1) is 4.45. The predicted molar refractivity (Wildman–Crippen MR) is 48.1 cm³/mol. The molecule has 0 unspecified atom stereocenters. The highest BCUT2D eigenvalue weighted by Gasteiger charge is 2.30. The van der Waals surface area contributed by atoms with Gasteiger partial charge in [-0.05, 0) is 18.3 Å². The third kappa shape index (κ3) is 2.00. The monoisotopic (exact) mass is 142 g/mol. The fourth-order valence-corrected chi connectivity index (χ4v) is 2.17. The molecule has 0 atom stereocenters. The topological polar surface area (TPSA) is 0 Å². The molecule has 0 nitrogen and oxygen atoms in total. The van der Waals surface area contributed by atoms with Gasteiger partial charge < -0.3 is 0 Å². The number of rotatable bonds is 0. The summed E-state index contributed by atoms with van der Waals surface area (Å²) in [4.78, 5) is 0. The Morgan fingerprint density at radius 1 is 0.800 bits per heavy atom. The van der Waals surface area contributed by atoms with Gasteiger partial charge in [-0.1, -0.05) is 47.0 Å². The Balaban J connectivity index is 0.000000251. The minimum absolute atomic E-state index is 0. The molecule has 10 heavy (non-hydrogen) atoms. The summed E-state index contributed by atoms with van der Waals surface area (Å²) < 4.78 is 0. The lowest BCUT2D eigenvalue weighted by Crippen LogP contribution is -1.90. The van der Waals surface area contributed by atoms with Crippen LogP contribution in [0.15, 0.2) is 0 Å². The van der Waals surface area contributed by atoms with Crippen LogP contribution in [0.4, 0.5) is 0 Å². The molecule has 2 bridgehead atoms. The molecule has 0 spiro atoms. The van der Waals surface area contributed by atoms with Crippen molar-refractivity contribution < 1.29 is 0 Å². The van der Waals surface area contributed by atoms with E-state index in [1.807, 2.05) is 13.8 Å². The van der Waals surface area contributed by atoms with Crippen LogP contribution in [-0.4, -0.2) is 0 Å². The number of hydrogen-bond donors (Lipinski definition) is 0. The first kappa shape index (κ1) is 10.0. The van der Waals surface area contributed by atoms with Gasteiger partial charge in [0.15, 0.2) is 0 Å². The van der Waals surface area contributed by atoms with Crippen molar-refractivity contribution in [3.8, 4) is 0 Å². The van der Waals surface area contributed by atoms with E-state index in [2.05, 4.69) is 0 Å². The fourth-order valence-electron chi connectivity index (χ4n) is 2.17. The maximum absolute atomic E-state index is 2.00. The van der Waals surface area contributed by atoms with E-state index in [1.54, 1.807) is 32.1 Å². The van der Waals surface area contributed by atoms with Gasteiger partial charge in [0.05, 0.1) is 0 Å². The Kier molecular flexibility index (Phi) is 4.76. The second-order valence-corrected chi connectivity index (χ2v) is 3.12. The second-order valence-electron chi connectivity index (χ2n) is 3.12. The van der Waals surface area contributed by atoms with Gasteiger partial charge in [0, 0.05) is 0 Å². The molecule has 2 saturated carbocycles. The standard InChI is InChI=1S/C7H12.C2H6.CH4/c1-2-7-4-3-6(1)5-7;1-2;/h6-7H,1-5H2;1-2H3;1H4. The smallest absolute Gasteiger partial charge is 0.0411 e. The predicted octanol–water partition coefficient (Wildman–Crippen LogP) is 3.86. The van der Waals surface area contributed by atoms with E-state index in [-0.39, 0.29) is 7.43 Å². The first-order valence-corrected chi connectivity index (χ1v) is 4.45. The van der Waals surface area contributed by atoms with Crippen molar-refractivity contribution in [1.82, 2.24) is 0 Å². The normalized spacial score (nSPS) is 34.2. The maximum atomic E-state index is 2.00. The van der Waals surface area contributed by atoms with Crippen molar-refractivity contribution in [2.24, 2.45) is 11.8 Å². The van der Waals surface area contributed by atoms with Gasteiger partial charge in [-0.15, -0.1) is 0 Å². The van der Waals surface area contributed by atoms with Crippen LogP contribution in [0.2, 0.25) is 0 Å². The van der Waals surface area contributed by atoms with Crippen molar-refractivity contribution in [2.75, 3.05) is 0 Å². The highest BCUT2D eigenvalue weighted by molar-refractivity contribution is 4.82. The van der Waals surface area contributed by atoms with Crippen molar-refractivity contribution >= 4 is 0 Å². The summed E-state index contributed by atoms with van der Waals surface area (Å²) in [7, 11) is 0. The van der Waals surface area contributed by atoms with Crippen molar-refractivity contribution in [3.63, 3.8) is 0 Å². The molecule has 2 aliphatic rings. The van der Waals surface area contributed by atoms with E-state index in [9.17, 15) is 0 Å². The summed E-state index contributed by atoms with van der Waals surface area (Å²) in [6.45, 7) is 4.00. The molecule has 0 amide bonds. The Labute approximate surface area is 66.0 Å². The van der Waals surface area contributed by atoms with E-state index in [0.717, 1.165) is 0 Å². The van der Waals surface area contributed by atoms with Gasteiger partial charge in [0.25, 0.3) is 0 Å². The van der Waals surface area contributed by atoms with Crippen LogP contribution < -0.4 is 0 Å². The Morgan fingerprint density at radius 3 is 1.20 bits per heavy atom. The molecule has 0 heterocycles. The summed E-state index contributed by atoms with van der Waals surface area (Å²) in [6.07, 6.45) is 7.82. The molecule has 0 heteroatoms. The maximum Gasteiger partial charge on any atom is -0.0411 e. The lowest BCUT2D eigenvalue weighted by atomic mass is 10.0. The highest BCUT2D eigenvalue weighted by atomic mass is 14.4. The van der Waals surface area contributed by atoms with Crippen LogP contribution in [-0.2, 0) is 0 Å². The largest absolute Gasteiger partial charge is 0.0776 e. The second kappa shape index (κ2) is 4.76. The summed E-state index contributed by atoms with van der Waals surface area (Å²) in [5, 5.41) is 0. The molecule has 62 valence electrons. The summed E-state index contributed by atoms with van der Waals surface area (Å²) >= 11 is 0. The van der Waals surface area contributed by atoms with Crippen molar-refractivity contribution in [1.29, 1.82) is 0 Å². The number of fused-ring (bicyclic) bond motifs is 2. The zero-order valence-corrected chi connectivity index (χ0v) is 6.69. The quantitative estimate of drug-likeness (QED) is 0.482. The van der Waals surface area contributed by atoms with Crippen molar-refractivity contribution in [2.45, 2.75) is 53.4 Å². The highest BCUT2D eigenvalue weighted by Crippen LogP contribution is 2.43. The summed E-state index contributed by atoms with van der Waals surface area (Å²) in [6, 6.07) is 0. The van der Waals surface area contributed by atoms with E-state index >= 15 is 0 Å². The molecule has 0 aromatic heterocycles. The van der Waals surface area contributed by atoms with E-state index in [0.29, 0.717) is 0 Å². The molecule has 2 aliphatic carbocycles. The lowest BCUT2D eigenvalue weighted by molar-refractivity contribution is 0.480. The lowest BCUT2D eigenvalue weighted by Gasteiger charge is -2.05. The van der Waals surface area contributed by atoms with E-state index in [1.165, 1.54) is 11.8 Å². The van der Waals surface area contributed by atoms with Crippen LogP contribution >= 0.6 is 0 Å². The van der Waals surface area contributed by atoms with Gasteiger partial charge in [-0.25, -0.2) is 0 Å². The zero-order valence-electron chi connectivity index (χ0n) is 6.69. The molecular weight excluding hydrogens is 120 g/mol. The molecule has 0 radical (unpaired) electrons. The molecule has 2 rings (SSSR count). The molecule has 0 aliphatic heterocycles. The van der Waals surface area contributed by atoms with Crippen LogP contribution in [0.25, 0.3) is 0 Å². The van der Waals surface area contributed by atoms with Gasteiger partial charge in [-0.2, -0.15) is 0 Å². The first-order valence-electron chi connectivity index (χ1n) is 4.45. The third-order valence-electron chi connectivity index (χ3n) is 2.63. The van der Waals surface area contributed by atoms with Crippen LogP contribution in [0.1, 0.15) is 53.4 Å². The third-order valence-corrected chi connectivity index (χ3v) is 2.63.